The van der Waals surface area contributed by atoms with Crippen LogP contribution in [-0.4, -0.2) is 4.98 Å². The van der Waals surface area contributed by atoms with Gasteiger partial charge in [-0.05, 0) is 36.5 Å². The van der Waals surface area contributed by atoms with Gasteiger partial charge in [0.2, 0.25) is 0 Å². The van der Waals surface area contributed by atoms with Gasteiger partial charge in [0.25, 0.3) is 0 Å². The third-order valence-electron chi connectivity index (χ3n) is 2.15. The number of rotatable bonds is 0. The molecule has 0 atom stereocenters. The van der Waals surface area contributed by atoms with Crippen LogP contribution >= 0.6 is 0 Å². The van der Waals surface area contributed by atoms with Gasteiger partial charge in [-0.3, -0.25) is 4.98 Å². The quantitative estimate of drug-likeness (QED) is 0.588. The number of nitrogens with zero attached hydrogens (tertiary/aromatic N) is 1. The highest BCUT2D eigenvalue weighted by atomic mass is 14.7. The highest BCUT2D eigenvalue weighted by Crippen LogP contribution is 2.26. The van der Waals surface area contributed by atoms with Crippen molar-refractivity contribution in [3.8, 4) is 0 Å². The van der Waals surface area contributed by atoms with Crippen molar-refractivity contribution in [2.45, 2.75) is 33.1 Å². The summed E-state index contributed by atoms with van der Waals surface area (Å²) in [6, 6.07) is 4.14. The fourth-order valence-corrected chi connectivity index (χ4v) is 1.57. The highest BCUT2D eigenvalue weighted by molar-refractivity contribution is 5.64. The normalized spacial score (nSPS) is 14.2. The zero-order valence-electron chi connectivity index (χ0n) is 8.51. The highest BCUT2D eigenvalue weighted by Gasteiger charge is 2.11. The first-order valence-corrected chi connectivity index (χ1v) is 5.00. The minimum absolute atomic E-state index is 1.12. The van der Waals surface area contributed by atoms with E-state index in [4.69, 9.17) is 0 Å². The Morgan fingerprint density at radius 3 is 2.77 bits per heavy atom. The molecule has 1 aromatic heterocycles. The van der Waals surface area contributed by atoms with E-state index >= 15 is 0 Å². The van der Waals surface area contributed by atoms with E-state index in [-0.39, 0.29) is 0 Å². The summed E-state index contributed by atoms with van der Waals surface area (Å²) in [7, 11) is 0. The number of aryl methyl sites for hydroxylation is 1. The molecule has 0 N–H and O–H groups in total. The van der Waals surface area contributed by atoms with Crippen LogP contribution in [0, 0.1) is 0 Å². The Hall–Kier alpha value is -1.11. The van der Waals surface area contributed by atoms with Crippen molar-refractivity contribution in [2.24, 2.45) is 0 Å². The molecule has 0 aromatic carbocycles. The smallest absolute Gasteiger partial charge is 0.0687 e. The van der Waals surface area contributed by atoms with Crippen molar-refractivity contribution in [1.29, 1.82) is 0 Å². The van der Waals surface area contributed by atoms with E-state index < -0.39 is 0 Å². The first kappa shape index (κ1) is 9.97. The Kier molecular flexibility index (Phi) is 3.69. The van der Waals surface area contributed by atoms with E-state index in [1.807, 2.05) is 26.1 Å². The molecule has 1 nitrogen and oxygen atoms in total. The van der Waals surface area contributed by atoms with Gasteiger partial charge in [-0.1, -0.05) is 26.5 Å². The largest absolute Gasteiger partial charge is 0.256 e. The number of hydrogen-bond acceptors (Lipinski definition) is 1. The summed E-state index contributed by atoms with van der Waals surface area (Å²) >= 11 is 0. The van der Waals surface area contributed by atoms with Crippen LogP contribution in [0.5, 0.6) is 0 Å². The Morgan fingerprint density at radius 2 is 2.08 bits per heavy atom. The van der Waals surface area contributed by atoms with Gasteiger partial charge in [0, 0.05) is 6.20 Å². The van der Waals surface area contributed by atoms with Crippen molar-refractivity contribution < 1.29 is 0 Å². The molecule has 0 fully saturated rings. The molecule has 70 valence electrons. The lowest BCUT2D eigenvalue weighted by Crippen LogP contribution is -2.02. The molecule has 0 bridgehead atoms. The van der Waals surface area contributed by atoms with Gasteiger partial charge >= 0.3 is 0 Å². The summed E-state index contributed by atoms with van der Waals surface area (Å²) in [5.74, 6) is 0. The predicted molar refractivity (Wildman–Crippen MR) is 57.6 cm³/mol. The molecule has 1 aliphatic rings. The van der Waals surface area contributed by atoms with Crippen molar-refractivity contribution in [3.05, 3.63) is 36.2 Å². The molecule has 0 saturated heterocycles. The molecule has 0 saturated carbocycles. The summed E-state index contributed by atoms with van der Waals surface area (Å²) < 4.78 is 0. The number of hydrogen-bond donors (Lipinski definition) is 0. The van der Waals surface area contributed by atoms with Crippen molar-refractivity contribution in [1.82, 2.24) is 4.98 Å². The average Bonchev–Trinajstić information content (AvgIpc) is 2.22. The van der Waals surface area contributed by atoms with Crippen LogP contribution in [-0.2, 0) is 6.42 Å². The fraction of sp³-hybridized carbons (Fsp3) is 0.417. The third-order valence-corrected chi connectivity index (χ3v) is 2.15. The molecular formula is C12H17N. The Balaban J connectivity index is 0.000000396. The summed E-state index contributed by atoms with van der Waals surface area (Å²) in [5.41, 5.74) is 3.70. The molecule has 0 amide bonds. The van der Waals surface area contributed by atoms with E-state index in [0.717, 1.165) is 12.1 Å². The zero-order valence-corrected chi connectivity index (χ0v) is 8.51. The van der Waals surface area contributed by atoms with Crippen LogP contribution in [0.3, 0.4) is 0 Å². The molecule has 0 unspecified atom stereocenters. The molecule has 0 aliphatic heterocycles. The maximum atomic E-state index is 4.30. The molecule has 2 rings (SSSR count). The topological polar surface area (TPSA) is 12.9 Å². The van der Waals surface area contributed by atoms with Crippen LogP contribution in [0.2, 0.25) is 0 Å². The maximum absolute atomic E-state index is 4.30. The van der Waals surface area contributed by atoms with Gasteiger partial charge in [-0.15, -0.1) is 0 Å². The second kappa shape index (κ2) is 4.80. The second-order valence-corrected chi connectivity index (χ2v) is 2.97. The lowest BCUT2D eigenvalue weighted by molar-refractivity contribution is 0.810. The van der Waals surface area contributed by atoms with Gasteiger partial charge in [-0.25, -0.2) is 0 Å². The van der Waals surface area contributed by atoms with Crippen LogP contribution in [0.25, 0.3) is 5.57 Å². The summed E-state index contributed by atoms with van der Waals surface area (Å²) in [6.07, 6.45) is 5.36. The van der Waals surface area contributed by atoms with Gasteiger partial charge in [-0.2, -0.15) is 0 Å². The number of aromatic nitrogens is 1. The predicted octanol–water partition coefficient (Wildman–Crippen LogP) is 3.46. The van der Waals surface area contributed by atoms with Crippen molar-refractivity contribution in [2.75, 3.05) is 0 Å². The maximum Gasteiger partial charge on any atom is 0.0687 e. The Morgan fingerprint density at radius 1 is 1.31 bits per heavy atom. The lowest BCUT2D eigenvalue weighted by atomic mass is 9.93. The van der Waals surface area contributed by atoms with Gasteiger partial charge < -0.3 is 0 Å². The second-order valence-electron chi connectivity index (χ2n) is 2.97. The number of allylic oxidation sites excluding steroid dienone is 1. The summed E-state index contributed by atoms with van der Waals surface area (Å²) in [6.45, 7) is 7.99. The van der Waals surface area contributed by atoms with Crippen LogP contribution in [0.15, 0.2) is 24.9 Å². The molecule has 0 spiro atoms. The minimum Gasteiger partial charge on any atom is -0.256 e. The Bertz CT molecular complexity index is 289. The molecule has 1 aliphatic carbocycles. The van der Waals surface area contributed by atoms with Crippen LogP contribution in [0.4, 0.5) is 0 Å². The minimum atomic E-state index is 1.12. The van der Waals surface area contributed by atoms with Gasteiger partial charge in [0.05, 0.1) is 5.69 Å². The van der Waals surface area contributed by atoms with Crippen molar-refractivity contribution >= 4 is 5.57 Å². The van der Waals surface area contributed by atoms with E-state index in [1.165, 1.54) is 24.0 Å². The number of fused-ring (bicyclic) bond motifs is 1. The zero-order chi connectivity index (χ0) is 9.68. The molecule has 0 radical (unpaired) electrons. The third kappa shape index (κ3) is 2.18. The molecular weight excluding hydrogens is 158 g/mol. The monoisotopic (exact) mass is 175 g/mol. The van der Waals surface area contributed by atoms with Gasteiger partial charge in [0.15, 0.2) is 0 Å². The summed E-state index contributed by atoms with van der Waals surface area (Å²) in [4.78, 5) is 4.30. The van der Waals surface area contributed by atoms with E-state index in [9.17, 15) is 0 Å². The number of pyridine rings is 1. The molecule has 1 aromatic rings. The first-order valence-electron chi connectivity index (χ1n) is 5.00. The SMILES string of the molecule is C=C1CCCc2cccnc21.CC. The van der Waals surface area contributed by atoms with Crippen LogP contribution < -0.4 is 0 Å². The summed E-state index contributed by atoms with van der Waals surface area (Å²) in [5, 5.41) is 0. The molecule has 1 heterocycles. The first-order chi connectivity index (χ1) is 6.38. The molecule has 1 heteroatoms. The van der Waals surface area contributed by atoms with E-state index in [1.54, 1.807) is 0 Å². The average molecular weight is 175 g/mol. The van der Waals surface area contributed by atoms with Gasteiger partial charge in [0.1, 0.15) is 0 Å². The fourth-order valence-electron chi connectivity index (χ4n) is 1.57. The standard InChI is InChI=1S/C10H11N.C2H6/c1-8-4-2-5-9-6-3-7-11-10(8)9;1-2/h3,6-7H,1-2,4-5H2;1-2H3. The van der Waals surface area contributed by atoms with E-state index in [2.05, 4.69) is 17.6 Å². The van der Waals surface area contributed by atoms with Crippen LogP contribution in [0.1, 0.15) is 37.9 Å². The Labute approximate surface area is 80.5 Å². The lowest BCUT2D eigenvalue weighted by Gasteiger charge is -2.15. The van der Waals surface area contributed by atoms with Crippen molar-refractivity contribution in [3.63, 3.8) is 0 Å². The molecule has 13 heavy (non-hydrogen) atoms. The van der Waals surface area contributed by atoms with E-state index in [0.29, 0.717) is 0 Å².